The van der Waals surface area contributed by atoms with Crippen LogP contribution in [-0.2, 0) is 0 Å². The summed E-state index contributed by atoms with van der Waals surface area (Å²) < 4.78 is 0.905. The molecule has 0 spiro atoms. The van der Waals surface area contributed by atoms with Gasteiger partial charge < -0.3 is 0 Å². The van der Waals surface area contributed by atoms with Gasteiger partial charge in [0, 0.05) is 8.47 Å². The highest BCUT2D eigenvalue weighted by atomic mass is 127. The van der Waals surface area contributed by atoms with Gasteiger partial charge in [-0.25, -0.2) is 5.43 Å². The number of amides is 1. The van der Waals surface area contributed by atoms with Crippen LogP contribution in [0.5, 0.6) is 0 Å². The first kappa shape index (κ1) is 15.1. The Balaban J connectivity index is 1.99. The quantitative estimate of drug-likeness (QED) is 0.370. The molecule has 1 amide bonds. The number of rotatable bonds is 4. The lowest BCUT2D eigenvalue weighted by Crippen LogP contribution is -2.18. The number of nitrogens with zero attached hydrogens (tertiary/aromatic N) is 1. The molecule has 0 heterocycles. The summed E-state index contributed by atoms with van der Waals surface area (Å²) in [5.41, 5.74) is 4.11. The summed E-state index contributed by atoms with van der Waals surface area (Å²) >= 11 is 3.82. The van der Waals surface area contributed by atoms with Gasteiger partial charge in [-0.3, -0.25) is 4.79 Å². The molecule has 0 fully saturated rings. The maximum Gasteiger partial charge on any atom is 0.272 e. The highest BCUT2D eigenvalue weighted by Gasteiger charge is 2.07. The Labute approximate surface area is 136 Å². The maximum atomic E-state index is 11.9. The Morgan fingerprint density at radius 1 is 1.20 bits per heavy atom. The van der Waals surface area contributed by atoms with Crippen LogP contribution in [0, 0.1) is 3.57 Å². The number of hydrogen-bond donors (Lipinski definition) is 1. The van der Waals surface area contributed by atoms with Crippen molar-refractivity contribution in [3.63, 3.8) is 0 Å². The Morgan fingerprint density at radius 2 is 1.90 bits per heavy atom. The number of carbonyl (C=O) groups is 1. The van der Waals surface area contributed by atoms with Crippen LogP contribution < -0.4 is 5.43 Å². The van der Waals surface area contributed by atoms with E-state index in [1.165, 1.54) is 4.90 Å². The van der Waals surface area contributed by atoms with Gasteiger partial charge in [0.05, 0.1) is 11.8 Å². The lowest BCUT2D eigenvalue weighted by atomic mass is 10.2. The van der Waals surface area contributed by atoms with Gasteiger partial charge in [0.25, 0.3) is 5.91 Å². The predicted octanol–water partition coefficient (Wildman–Crippen LogP) is 3.78. The third-order valence-corrected chi connectivity index (χ3v) is 4.30. The number of hydrazone groups is 1. The second-order valence-electron chi connectivity index (χ2n) is 3.95. The van der Waals surface area contributed by atoms with Crippen LogP contribution in [0.25, 0.3) is 0 Å². The zero-order valence-corrected chi connectivity index (χ0v) is 13.8. The van der Waals surface area contributed by atoms with Crippen LogP contribution in [0.3, 0.4) is 0 Å². The Morgan fingerprint density at radius 3 is 2.55 bits per heavy atom. The monoisotopic (exact) mass is 396 g/mol. The average Bonchev–Trinajstić information content (AvgIpc) is 2.48. The predicted molar refractivity (Wildman–Crippen MR) is 92.4 cm³/mol. The van der Waals surface area contributed by atoms with E-state index in [0.29, 0.717) is 5.56 Å². The molecular weight excluding hydrogens is 383 g/mol. The van der Waals surface area contributed by atoms with Crippen molar-refractivity contribution in [2.75, 3.05) is 6.26 Å². The van der Waals surface area contributed by atoms with E-state index in [-0.39, 0.29) is 5.91 Å². The first-order chi connectivity index (χ1) is 9.70. The third-order valence-electron chi connectivity index (χ3n) is 2.61. The standard InChI is InChI=1S/C15H13IN2OS/c1-20-12-8-6-11(7-9-12)10-17-18-15(19)13-4-2-3-5-14(13)16/h2-10H,1H3,(H,18,19)/b17-10+. The molecule has 0 aliphatic rings. The van der Waals surface area contributed by atoms with Gasteiger partial charge in [-0.1, -0.05) is 24.3 Å². The molecule has 0 radical (unpaired) electrons. The molecule has 0 aliphatic heterocycles. The van der Waals surface area contributed by atoms with Crippen LogP contribution in [0.2, 0.25) is 0 Å². The lowest BCUT2D eigenvalue weighted by molar-refractivity contribution is 0.0954. The molecule has 1 N–H and O–H groups in total. The van der Waals surface area contributed by atoms with E-state index in [1.807, 2.05) is 48.7 Å². The van der Waals surface area contributed by atoms with Crippen molar-refractivity contribution >= 4 is 46.5 Å². The van der Waals surface area contributed by atoms with Gasteiger partial charge in [-0.15, -0.1) is 11.8 Å². The summed E-state index contributed by atoms with van der Waals surface area (Å²) in [5.74, 6) is -0.202. The van der Waals surface area contributed by atoms with E-state index in [9.17, 15) is 4.79 Å². The molecule has 3 nitrogen and oxygen atoms in total. The molecule has 0 unspecified atom stereocenters. The normalized spacial score (nSPS) is 10.7. The SMILES string of the molecule is CSc1ccc(/C=N/NC(=O)c2ccccc2I)cc1. The van der Waals surface area contributed by atoms with Crippen LogP contribution in [0.15, 0.2) is 58.5 Å². The lowest BCUT2D eigenvalue weighted by Gasteiger charge is -2.02. The van der Waals surface area contributed by atoms with E-state index >= 15 is 0 Å². The zero-order valence-electron chi connectivity index (χ0n) is 10.8. The third kappa shape index (κ3) is 4.08. The van der Waals surface area contributed by atoms with E-state index in [4.69, 9.17) is 0 Å². The first-order valence-corrected chi connectivity index (χ1v) is 8.23. The summed E-state index contributed by atoms with van der Waals surface area (Å²) in [4.78, 5) is 13.1. The molecule has 20 heavy (non-hydrogen) atoms. The Kier molecular flexibility index (Phi) is 5.60. The van der Waals surface area contributed by atoms with Gasteiger partial charge in [0.1, 0.15) is 0 Å². The summed E-state index contributed by atoms with van der Waals surface area (Å²) in [6.45, 7) is 0. The number of hydrogen-bond acceptors (Lipinski definition) is 3. The van der Waals surface area contributed by atoms with Crippen LogP contribution in [-0.4, -0.2) is 18.4 Å². The fraction of sp³-hybridized carbons (Fsp3) is 0.0667. The molecule has 0 saturated heterocycles. The molecule has 0 saturated carbocycles. The van der Waals surface area contributed by atoms with Crippen molar-refractivity contribution < 1.29 is 4.79 Å². The highest BCUT2D eigenvalue weighted by Crippen LogP contribution is 2.14. The number of halogens is 1. The van der Waals surface area contributed by atoms with Crippen LogP contribution in [0.4, 0.5) is 0 Å². The Hall–Kier alpha value is -1.34. The largest absolute Gasteiger partial charge is 0.272 e. The summed E-state index contributed by atoms with van der Waals surface area (Å²) in [6, 6.07) is 15.4. The van der Waals surface area contributed by atoms with Crippen molar-refractivity contribution in [2.45, 2.75) is 4.90 Å². The average molecular weight is 396 g/mol. The minimum absolute atomic E-state index is 0.202. The molecule has 2 aromatic rings. The molecule has 0 aliphatic carbocycles. The summed E-state index contributed by atoms with van der Waals surface area (Å²) in [6.07, 6.45) is 3.67. The van der Waals surface area contributed by atoms with Gasteiger partial charge in [0.15, 0.2) is 0 Å². The van der Waals surface area contributed by atoms with Gasteiger partial charge in [-0.05, 0) is 58.7 Å². The number of benzene rings is 2. The maximum absolute atomic E-state index is 11.9. The fourth-order valence-electron chi connectivity index (χ4n) is 1.56. The van der Waals surface area contributed by atoms with Crippen molar-refractivity contribution in [3.05, 3.63) is 63.2 Å². The van der Waals surface area contributed by atoms with Crippen molar-refractivity contribution in [2.24, 2.45) is 5.10 Å². The van der Waals surface area contributed by atoms with Crippen LogP contribution >= 0.6 is 34.4 Å². The number of thioether (sulfide) groups is 1. The van der Waals surface area contributed by atoms with E-state index in [2.05, 4.69) is 33.1 Å². The van der Waals surface area contributed by atoms with Crippen LogP contribution in [0.1, 0.15) is 15.9 Å². The van der Waals surface area contributed by atoms with Gasteiger partial charge >= 0.3 is 0 Å². The second kappa shape index (κ2) is 7.44. The molecule has 102 valence electrons. The van der Waals surface area contributed by atoms with Crippen molar-refractivity contribution in [3.8, 4) is 0 Å². The second-order valence-corrected chi connectivity index (χ2v) is 5.99. The summed E-state index contributed by atoms with van der Waals surface area (Å²) in [5, 5.41) is 3.98. The number of nitrogens with one attached hydrogen (secondary N) is 1. The van der Waals surface area contributed by atoms with Crippen molar-refractivity contribution in [1.82, 2.24) is 5.43 Å². The number of carbonyl (C=O) groups excluding carboxylic acids is 1. The minimum Gasteiger partial charge on any atom is -0.267 e. The minimum atomic E-state index is -0.202. The van der Waals surface area contributed by atoms with Gasteiger partial charge in [0.2, 0.25) is 0 Å². The highest BCUT2D eigenvalue weighted by molar-refractivity contribution is 14.1. The van der Waals surface area contributed by atoms with Gasteiger partial charge in [-0.2, -0.15) is 5.10 Å². The van der Waals surface area contributed by atoms with E-state index in [0.717, 1.165) is 9.13 Å². The molecular formula is C15H13IN2OS. The van der Waals surface area contributed by atoms with Crippen molar-refractivity contribution in [1.29, 1.82) is 0 Å². The molecule has 2 rings (SSSR count). The smallest absolute Gasteiger partial charge is 0.267 e. The first-order valence-electron chi connectivity index (χ1n) is 5.92. The summed E-state index contributed by atoms with van der Waals surface area (Å²) in [7, 11) is 0. The zero-order chi connectivity index (χ0) is 14.4. The topological polar surface area (TPSA) is 41.5 Å². The molecule has 5 heteroatoms. The van der Waals surface area contributed by atoms with E-state index in [1.54, 1.807) is 24.0 Å². The molecule has 0 atom stereocenters. The van der Waals surface area contributed by atoms with E-state index < -0.39 is 0 Å². The molecule has 0 aromatic heterocycles. The molecule has 2 aromatic carbocycles. The fourth-order valence-corrected chi connectivity index (χ4v) is 2.60. The Bertz CT molecular complexity index is 626. The molecule has 0 bridgehead atoms.